The van der Waals surface area contributed by atoms with Gasteiger partial charge in [0.2, 0.25) is 17.7 Å². The van der Waals surface area contributed by atoms with Crippen LogP contribution in [0.4, 0.5) is 0 Å². The zero-order chi connectivity index (χ0) is 48.2. The van der Waals surface area contributed by atoms with E-state index in [4.69, 9.17) is 28.4 Å². The first-order chi connectivity index (χ1) is 30.7. The second-order valence-corrected chi connectivity index (χ2v) is 19.6. The highest BCUT2D eigenvalue weighted by Gasteiger charge is 2.53. The first kappa shape index (κ1) is 55.0. The van der Waals surface area contributed by atoms with E-state index in [9.17, 15) is 49.8 Å². The monoisotopic (exact) mass is 932 g/mol. The average Bonchev–Trinajstić information content (AvgIpc) is 3.27. The molecule has 16 atom stereocenters. The number of carbonyl (C=O) groups excluding carboxylic acids is 3. The van der Waals surface area contributed by atoms with Crippen molar-refractivity contribution in [3.63, 3.8) is 0 Å². The molecule has 2 aliphatic heterocycles. The van der Waals surface area contributed by atoms with E-state index < -0.39 is 115 Å². The number of carboxylic acids is 1. The van der Waals surface area contributed by atoms with E-state index in [1.54, 1.807) is 0 Å². The molecule has 65 heavy (non-hydrogen) atoms. The van der Waals surface area contributed by atoms with Crippen molar-refractivity contribution >= 4 is 23.7 Å². The Morgan fingerprint density at radius 1 is 0.815 bits per heavy atom. The topological polar surface area (TPSA) is 281 Å². The van der Waals surface area contributed by atoms with Crippen LogP contribution in [0.2, 0.25) is 0 Å². The average molecular weight is 932 g/mol. The molecule has 19 nitrogen and oxygen atoms in total. The fourth-order valence-electron chi connectivity index (χ4n) is 9.40. The van der Waals surface area contributed by atoms with Crippen LogP contribution < -0.4 is 16.0 Å². The number of amides is 3. The molecule has 3 amide bonds. The van der Waals surface area contributed by atoms with Crippen molar-refractivity contribution in [2.75, 3.05) is 26.3 Å². The van der Waals surface area contributed by atoms with E-state index in [-0.39, 0.29) is 55.7 Å². The zero-order valence-corrected chi connectivity index (χ0v) is 39.8. The number of aliphatic carboxylic acids is 1. The lowest BCUT2D eigenvalue weighted by molar-refractivity contribution is -0.338. The van der Waals surface area contributed by atoms with Gasteiger partial charge in [0.05, 0.1) is 30.5 Å². The summed E-state index contributed by atoms with van der Waals surface area (Å²) in [6.45, 7) is 14.5. The summed E-state index contributed by atoms with van der Waals surface area (Å²) in [5, 5.41) is 72.9. The molecule has 2 aliphatic carbocycles. The van der Waals surface area contributed by atoms with Crippen molar-refractivity contribution in [3.05, 3.63) is 0 Å². The molecule has 2 heterocycles. The van der Waals surface area contributed by atoms with Crippen molar-refractivity contribution < 1.29 is 78.2 Å². The van der Waals surface area contributed by atoms with Crippen LogP contribution in [-0.4, -0.2) is 166 Å². The Morgan fingerprint density at radius 3 is 2.09 bits per heavy atom. The SMILES string of the molecule is CCC1CC(C(=O)NCCNC(=O)C(C)(CC)CCOC(C)(C)CC)CC(OC2OC(CO)C(O)C(OC(CC3CCCCC3)C(=O)O)C2NC(C)=O)C1OC1OC(C)C(O)C(O)C1O. The van der Waals surface area contributed by atoms with Crippen LogP contribution in [0.1, 0.15) is 132 Å². The van der Waals surface area contributed by atoms with E-state index in [0.717, 1.165) is 38.5 Å². The smallest absolute Gasteiger partial charge is 0.332 e. The molecule has 4 rings (SSSR count). The van der Waals surface area contributed by atoms with E-state index in [0.29, 0.717) is 25.9 Å². The van der Waals surface area contributed by atoms with Gasteiger partial charge in [-0.25, -0.2) is 4.79 Å². The maximum Gasteiger partial charge on any atom is 0.332 e. The maximum absolute atomic E-state index is 14.0. The highest BCUT2D eigenvalue weighted by Crippen LogP contribution is 2.40. The van der Waals surface area contributed by atoms with E-state index in [1.807, 2.05) is 41.5 Å². The van der Waals surface area contributed by atoms with Gasteiger partial charge >= 0.3 is 5.97 Å². The highest BCUT2D eigenvalue weighted by molar-refractivity contribution is 5.82. The number of aliphatic hydroxyl groups excluding tert-OH is 5. The molecular formula is C46H81N3O16. The second kappa shape index (κ2) is 25.2. The molecule has 9 N–H and O–H groups in total. The lowest BCUT2D eigenvalue weighted by Crippen LogP contribution is -2.67. The minimum Gasteiger partial charge on any atom is -0.479 e. The van der Waals surface area contributed by atoms with Gasteiger partial charge in [-0.2, -0.15) is 0 Å². The first-order valence-electron chi connectivity index (χ1n) is 24.0. The van der Waals surface area contributed by atoms with Crippen molar-refractivity contribution in [3.8, 4) is 0 Å². The summed E-state index contributed by atoms with van der Waals surface area (Å²) in [4.78, 5) is 52.8. The molecule has 2 saturated carbocycles. The van der Waals surface area contributed by atoms with Gasteiger partial charge in [0, 0.05) is 38.0 Å². The summed E-state index contributed by atoms with van der Waals surface area (Å²) in [5.41, 5.74) is -0.976. The molecule has 0 aromatic heterocycles. The van der Waals surface area contributed by atoms with Crippen LogP contribution in [0, 0.1) is 23.2 Å². The van der Waals surface area contributed by atoms with E-state index >= 15 is 0 Å². The molecule has 4 aliphatic rings. The van der Waals surface area contributed by atoms with Crippen molar-refractivity contribution in [1.29, 1.82) is 0 Å². The van der Waals surface area contributed by atoms with Crippen LogP contribution in [0.3, 0.4) is 0 Å². The number of nitrogens with one attached hydrogen (secondary N) is 3. The van der Waals surface area contributed by atoms with Gasteiger partial charge in [-0.15, -0.1) is 0 Å². The zero-order valence-electron chi connectivity index (χ0n) is 39.8. The molecule has 0 bridgehead atoms. The van der Waals surface area contributed by atoms with Crippen LogP contribution in [0.15, 0.2) is 0 Å². The third-order valence-corrected chi connectivity index (χ3v) is 14.4. The van der Waals surface area contributed by atoms with E-state index in [2.05, 4.69) is 16.0 Å². The van der Waals surface area contributed by atoms with Gasteiger partial charge in [0.1, 0.15) is 42.7 Å². The number of rotatable bonds is 23. The van der Waals surface area contributed by atoms with E-state index in [1.165, 1.54) is 13.8 Å². The van der Waals surface area contributed by atoms with Gasteiger partial charge in [-0.3, -0.25) is 14.4 Å². The van der Waals surface area contributed by atoms with Gasteiger partial charge in [0.15, 0.2) is 18.7 Å². The summed E-state index contributed by atoms with van der Waals surface area (Å²) in [6, 6.07) is -1.32. The predicted octanol–water partition coefficient (Wildman–Crippen LogP) is 1.66. The Kier molecular flexibility index (Phi) is 21.3. The van der Waals surface area contributed by atoms with Crippen molar-refractivity contribution in [2.24, 2.45) is 23.2 Å². The minimum atomic E-state index is -1.66. The number of hydrogen-bond donors (Lipinski definition) is 9. The number of carboxylic acid groups (broad SMARTS) is 1. The molecule has 376 valence electrons. The molecule has 0 radical (unpaired) electrons. The summed E-state index contributed by atoms with van der Waals surface area (Å²) in [7, 11) is 0. The molecule has 19 heteroatoms. The first-order valence-corrected chi connectivity index (χ1v) is 24.0. The quantitative estimate of drug-likeness (QED) is 0.0659. The number of carbonyl (C=O) groups is 4. The summed E-state index contributed by atoms with van der Waals surface area (Å²) < 4.78 is 37.3. The summed E-state index contributed by atoms with van der Waals surface area (Å²) in [5.74, 6) is -3.36. The van der Waals surface area contributed by atoms with Gasteiger partial charge in [-0.1, -0.05) is 66.2 Å². The van der Waals surface area contributed by atoms with Gasteiger partial charge < -0.3 is 75.0 Å². The molecule has 0 aromatic carbocycles. The Balaban J connectivity index is 1.57. The minimum absolute atomic E-state index is 0.00509. The second-order valence-electron chi connectivity index (χ2n) is 19.6. The lowest BCUT2D eigenvalue weighted by Gasteiger charge is -2.49. The third-order valence-electron chi connectivity index (χ3n) is 14.4. The summed E-state index contributed by atoms with van der Waals surface area (Å²) in [6.07, 6.45) is -8.79. The standard InChI is InChI=1S/C46H81N3O16/c1-9-28-22-29(40(56)47-18-19-48-44(59)46(8,11-3)17-20-60-45(6,7)10-2)23-30(38(28)65-43-37(55)36(54)34(52)25(4)61-43)63-42-33(49-26(5)51)39(35(53)32(24-50)64-42)62-31(41(57)58)21-27-15-13-12-14-16-27/h25,27-39,42-43,50,52-55H,9-24H2,1-8H3,(H,47,56)(H,48,59)(H,49,51)(H,57,58). The Labute approximate surface area is 384 Å². The maximum atomic E-state index is 14.0. The molecule has 2 saturated heterocycles. The predicted molar refractivity (Wildman–Crippen MR) is 235 cm³/mol. The fourth-order valence-corrected chi connectivity index (χ4v) is 9.40. The highest BCUT2D eigenvalue weighted by atomic mass is 16.7. The Bertz CT molecular complexity index is 1520. The third kappa shape index (κ3) is 15.0. The van der Waals surface area contributed by atoms with Crippen molar-refractivity contribution in [1.82, 2.24) is 16.0 Å². The fraction of sp³-hybridized carbons (Fsp3) is 0.913. The molecular weight excluding hydrogens is 851 g/mol. The lowest BCUT2D eigenvalue weighted by atomic mass is 9.75. The van der Waals surface area contributed by atoms with Crippen LogP contribution >= 0.6 is 0 Å². The van der Waals surface area contributed by atoms with Gasteiger partial charge in [0.25, 0.3) is 0 Å². The Morgan fingerprint density at radius 2 is 1.49 bits per heavy atom. The van der Waals surface area contributed by atoms with Crippen molar-refractivity contribution in [2.45, 2.75) is 218 Å². The van der Waals surface area contributed by atoms with Gasteiger partial charge in [-0.05, 0) is 71.1 Å². The molecule has 0 aromatic rings. The number of aliphatic hydroxyl groups is 5. The van der Waals surface area contributed by atoms with Crippen LogP contribution in [0.5, 0.6) is 0 Å². The number of ether oxygens (including phenoxy) is 6. The largest absolute Gasteiger partial charge is 0.479 e. The molecule has 0 spiro atoms. The molecule has 16 unspecified atom stereocenters. The Hall–Kier alpha value is -2.56. The van der Waals surface area contributed by atoms with Crippen LogP contribution in [-0.2, 0) is 47.6 Å². The van der Waals surface area contributed by atoms with Crippen LogP contribution in [0.25, 0.3) is 0 Å². The number of hydrogen-bond acceptors (Lipinski definition) is 15. The molecule has 4 fully saturated rings. The summed E-state index contributed by atoms with van der Waals surface area (Å²) >= 11 is 0. The normalized spacial score (nSPS) is 35.1.